The summed E-state index contributed by atoms with van der Waals surface area (Å²) in [5.74, 6) is 1.47. The number of nitrogens with zero attached hydrogens (tertiary/aromatic N) is 6. The fourth-order valence-corrected chi connectivity index (χ4v) is 5.01. The van der Waals surface area contributed by atoms with Crippen LogP contribution >= 0.6 is 0 Å². The second-order valence-electron chi connectivity index (χ2n) is 9.05. The number of hydrogen-bond donors (Lipinski definition) is 0. The molecule has 4 heterocycles. The molecule has 2 saturated heterocycles. The molecular formula is C23H28N6O2. The summed E-state index contributed by atoms with van der Waals surface area (Å²) in [6.45, 7) is 4.88. The molecule has 8 nitrogen and oxygen atoms in total. The standard InChI is InChI=1S/C23H28N6O2/c1-17-13-24-29(14-17)15-20(30)28-10-8-23(9-11-28)12-19(27(2)16-23)21-25-22(31-26-21)18-6-4-3-5-7-18/h3-7,13-14,19H,8-12,15-16H2,1-2H3. The van der Waals surface area contributed by atoms with Crippen LogP contribution in [0.25, 0.3) is 11.5 Å². The highest BCUT2D eigenvalue weighted by Crippen LogP contribution is 2.47. The van der Waals surface area contributed by atoms with E-state index in [4.69, 9.17) is 4.52 Å². The van der Waals surface area contributed by atoms with Crippen molar-refractivity contribution in [2.24, 2.45) is 5.41 Å². The van der Waals surface area contributed by atoms with Crippen LogP contribution in [0.3, 0.4) is 0 Å². The molecule has 0 aliphatic carbocycles. The van der Waals surface area contributed by atoms with Crippen molar-refractivity contribution in [3.05, 3.63) is 54.1 Å². The quantitative estimate of drug-likeness (QED) is 0.646. The lowest BCUT2D eigenvalue weighted by molar-refractivity contribution is -0.134. The molecule has 2 aliphatic rings. The van der Waals surface area contributed by atoms with Crippen LogP contribution in [0, 0.1) is 12.3 Å². The molecule has 0 radical (unpaired) electrons. The molecular weight excluding hydrogens is 392 g/mol. The molecule has 2 aromatic heterocycles. The zero-order valence-corrected chi connectivity index (χ0v) is 18.1. The van der Waals surface area contributed by atoms with Gasteiger partial charge in [-0.1, -0.05) is 23.4 Å². The minimum atomic E-state index is 0.145. The van der Waals surface area contributed by atoms with Crippen molar-refractivity contribution in [3.63, 3.8) is 0 Å². The molecule has 1 unspecified atom stereocenters. The molecule has 2 aliphatic heterocycles. The van der Waals surface area contributed by atoms with Gasteiger partial charge in [0.1, 0.15) is 6.54 Å². The Morgan fingerprint density at radius 1 is 1.23 bits per heavy atom. The van der Waals surface area contributed by atoms with Crippen LogP contribution in [0.5, 0.6) is 0 Å². The number of aromatic nitrogens is 4. The van der Waals surface area contributed by atoms with Gasteiger partial charge in [0.15, 0.2) is 5.82 Å². The predicted molar refractivity (Wildman–Crippen MR) is 115 cm³/mol. The molecule has 1 atom stereocenters. The van der Waals surface area contributed by atoms with E-state index in [9.17, 15) is 4.79 Å². The number of amides is 1. The Bertz CT molecular complexity index is 1050. The Morgan fingerprint density at radius 2 is 2.00 bits per heavy atom. The number of hydrogen-bond acceptors (Lipinski definition) is 6. The molecule has 0 saturated carbocycles. The van der Waals surface area contributed by atoms with Crippen LogP contribution < -0.4 is 0 Å². The molecule has 1 aromatic carbocycles. The summed E-state index contributed by atoms with van der Waals surface area (Å²) in [4.78, 5) is 21.7. The molecule has 31 heavy (non-hydrogen) atoms. The number of benzene rings is 1. The number of carbonyl (C=O) groups is 1. The maximum Gasteiger partial charge on any atom is 0.257 e. The Labute approximate surface area is 181 Å². The maximum absolute atomic E-state index is 12.7. The van der Waals surface area contributed by atoms with Gasteiger partial charge in [0.2, 0.25) is 5.91 Å². The number of aryl methyl sites for hydroxylation is 1. The molecule has 3 aromatic rings. The number of carbonyl (C=O) groups excluding carboxylic acids is 1. The van der Waals surface area contributed by atoms with Crippen LogP contribution in [0.15, 0.2) is 47.2 Å². The fraction of sp³-hybridized carbons (Fsp3) is 0.478. The Kier molecular flexibility index (Phi) is 5.09. The van der Waals surface area contributed by atoms with Gasteiger partial charge in [-0.15, -0.1) is 0 Å². The van der Waals surface area contributed by atoms with Gasteiger partial charge < -0.3 is 9.42 Å². The van der Waals surface area contributed by atoms with E-state index in [1.165, 1.54) is 0 Å². The van der Waals surface area contributed by atoms with Crippen molar-refractivity contribution >= 4 is 5.91 Å². The average molecular weight is 421 g/mol. The van der Waals surface area contributed by atoms with Crippen molar-refractivity contribution in [1.29, 1.82) is 0 Å². The van der Waals surface area contributed by atoms with Crippen molar-refractivity contribution in [2.45, 2.75) is 38.8 Å². The van der Waals surface area contributed by atoms with E-state index in [-0.39, 0.29) is 17.4 Å². The lowest BCUT2D eigenvalue weighted by Gasteiger charge is -2.39. The first-order valence-corrected chi connectivity index (χ1v) is 10.9. The summed E-state index contributed by atoms with van der Waals surface area (Å²) >= 11 is 0. The van der Waals surface area contributed by atoms with Crippen molar-refractivity contribution < 1.29 is 9.32 Å². The summed E-state index contributed by atoms with van der Waals surface area (Å²) in [5.41, 5.74) is 2.21. The lowest BCUT2D eigenvalue weighted by Crippen LogP contribution is -2.45. The number of rotatable bonds is 4. The normalized spacial score (nSPS) is 21.1. The highest BCUT2D eigenvalue weighted by molar-refractivity contribution is 5.76. The van der Waals surface area contributed by atoms with Gasteiger partial charge >= 0.3 is 0 Å². The van der Waals surface area contributed by atoms with E-state index in [1.807, 2.05) is 48.4 Å². The van der Waals surface area contributed by atoms with E-state index < -0.39 is 0 Å². The van der Waals surface area contributed by atoms with Gasteiger partial charge in [0.25, 0.3) is 5.89 Å². The minimum Gasteiger partial charge on any atom is -0.341 e. The summed E-state index contributed by atoms with van der Waals surface area (Å²) < 4.78 is 7.27. The summed E-state index contributed by atoms with van der Waals surface area (Å²) in [7, 11) is 2.13. The lowest BCUT2D eigenvalue weighted by atomic mass is 9.76. The van der Waals surface area contributed by atoms with E-state index >= 15 is 0 Å². The topological polar surface area (TPSA) is 80.3 Å². The predicted octanol–water partition coefficient (Wildman–Crippen LogP) is 2.93. The summed E-state index contributed by atoms with van der Waals surface area (Å²) in [6.07, 6.45) is 6.70. The highest BCUT2D eigenvalue weighted by Gasteiger charge is 2.46. The zero-order chi connectivity index (χ0) is 21.4. The van der Waals surface area contributed by atoms with Crippen LogP contribution in [0.2, 0.25) is 0 Å². The van der Waals surface area contributed by atoms with Crippen molar-refractivity contribution in [2.75, 3.05) is 26.7 Å². The van der Waals surface area contributed by atoms with E-state index in [0.29, 0.717) is 12.4 Å². The molecule has 8 heteroatoms. The van der Waals surface area contributed by atoms with Gasteiger partial charge in [-0.25, -0.2) is 0 Å². The van der Waals surface area contributed by atoms with E-state index in [0.717, 1.165) is 55.8 Å². The SMILES string of the molecule is Cc1cnn(CC(=O)N2CCC3(CC2)CC(c2noc(-c4ccccc4)n2)N(C)C3)c1. The van der Waals surface area contributed by atoms with E-state index in [2.05, 4.69) is 27.2 Å². The average Bonchev–Trinajstić information content (AvgIpc) is 3.49. The molecule has 0 bridgehead atoms. The summed E-state index contributed by atoms with van der Waals surface area (Å²) in [5, 5.41) is 8.53. The zero-order valence-electron chi connectivity index (χ0n) is 18.1. The first-order chi connectivity index (χ1) is 15.0. The third-order valence-corrected chi connectivity index (χ3v) is 6.74. The fourth-order valence-electron chi connectivity index (χ4n) is 5.01. The molecule has 5 rings (SSSR count). The highest BCUT2D eigenvalue weighted by atomic mass is 16.5. The Balaban J connectivity index is 1.22. The maximum atomic E-state index is 12.7. The van der Waals surface area contributed by atoms with Gasteiger partial charge in [-0.3, -0.25) is 14.4 Å². The number of piperidine rings is 1. The second-order valence-corrected chi connectivity index (χ2v) is 9.05. The largest absolute Gasteiger partial charge is 0.341 e. The molecule has 0 N–H and O–H groups in total. The minimum absolute atomic E-state index is 0.145. The third-order valence-electron chi connectivity index (χ3n) is 6.74. The molecule has 1 amide bonds. The first-order valence-electron chi connectivity index (χ1n) is 10.9. The van der Waals surface area contributed by atoms with E-state index in [1.54, 1.807) is 10.9 Å². The van der Waals surface area contributed by atoms with Gasteiger partial charge in [0, 0.05) is 31.4 Å². The van der Waals surface area contributed by atoms with Crippen LogP contribution in [-0.2, 0) is 11.3 Å². The van der Waals surface area contributed by atoms with Crippen molar-refractivity contribution in [3.8, 4) is 11.5 Å². The first kappa shape index (κ1) is 19.9. The second kappa shape index (κ2) is 7.92. The van der Waals surface area contributed by atoms with Gasteiger partial charge in [-0.05, 0) is 56.3 Å². The van der Waals surface area contributed by atoms with Gasteiger partial charge in [-0.2, -0.15) is 10.1 Å². The molecule has 162 valence electrons. The number of likely N-dealkylation sites (tertiary alicyclic amines) is 2. The Hall–Kier alpha value is -3.00. The smallest absolute Gasteiger partial charge is 0.257 e. The van der Waals surface area contributed by atoms with Crippen LogP contribution in [-0.4, -0.2) is 62.3 Å². The van der Waals surface area contributed by atoms with Gasteiger partial charge in [0.05, 0.1) is 12.2 Å². The van der Waals surface area contributed by atoms with Crippen LogP contribution in [0.1, 0.15) is 36.7 Å². The summed E-state index contributed by atoms with van der Waals surface area (Å²) in [6, 6.07) is 10.0. The molecule has 1 spiro atoms. The Morgan fingerprint density at radius 3 is 2.71 bits per heavy atom. The third kappa shape index (κ3) is 3.99. The van der Waals surface area contributed by atoms with Crippen molar-refractivity contribution in [1.82, 2.24) is 29.7 Å². The van der Waals surface area contributed by atoms with Crippen LogP contribution in [0.4, 0.5) is 0 Å². The molecule has 2 fully saturated rings. The monoisotopic (exact) mass is 420 g/mol.